The summed E-state index contributed by atoms with van der Waals surface area (Å²) in [4.78, 5) is 64.6. The summed E-state index contributed by atoms with van der Waals surface area (Å²) in [7, 11) is 0. The van der Waals surface area contributed by atoms with Crippen LogP contribution in [0.4, 0.5) is 0 Å². The summed E-state index contributed by atoms with van der Waals surface area (Å²) < 4.78 is 0. The van der Waals surface area contributed by atoms with Crippen molar-refractivity contribution < 1.29 is 24.0 Å². The van der Waals surface area contributed by atoms with Gasteiger partial charge in [-0.1, -0.05) is 13.8 Å². The molecule has 0 radical (unpaired) electrons. The molecule has 6 atom stereocenters. The van der Waals surface area contributed by atoms with E-state index < -0.39 is 47.9 Å². The Balaban J connectivity index is 2.83. The van der Waals surface area contributed by atoms with E-state index >= 15 is 0 Å². The van der Waals surface area contributed by atoms with Crippen LogP contribution >= 0.6 is 24.4 Å². The zero-order chi connectivity index (χ0) is 31.7. The Kier molecular flexibility index (Phi) is 18.8. The predicted octanol–water partition coefficient (Wildman–Crippen LogP) is -0.401. The van der Waals surface area contributed by atoms with Gasteiger partial charge in [-0.25, -0.2) is 10.9 Å². The monoisotopic (exact) mass is 630 g/mol. The number of aldehydes is 2. The van der Waals surface area contributed by atoms with Crippen LogP contribution in [-0.4, -0.2) is 108 Å². The van der Waals surface area contributed by atoms with Crippen molar-refractivity contribution in [2.24, 2.45) is 11.7 Å². The Hall–Kier alpha value is -2.04. The summed E-state index contributed by atoms with van der Waals surface area (Å²) in [6.07, 6.45) is 6.26. The molecular weight excluding hydrogens is 580 g/mol. The zero-order valence-corrected chi connectivity index (χ0v) is 26.9. The standard InChI is InChI=1S/C27H50N8O5S2/c1-17(2)13-20(15-37)33-34-21(9-12-42-4)24(38)25(39)22(16-41)31-18(3)35-11-6-8-23(35)26(40)32-19(14-36)7-5-10-30-27(28)29/h14-15,17-23,31,33-34,41H,5-13,16H2,1-4H3,(H,32,40)(H4,28,29,30)/t18?,19-,20-,21-,22-,23-/m0/s1. The lowest BCUT2D eigenvalue weighted by Crippen LogP contribution is -2.59. The molecule has 0 aromatic rings. The highest BCUT2D eigenvalue weighted by Gasteiger charge is 2.37. The number of nitrogens with zero attached hydrogens (tertiary/aromatic N) is 1. The van der Waals surface area contributed by atoms with Gasteiger partial charge in [0, 0.05) is 18.8 Å². The fourth-order valence-electron chi connectivity index (χ4n) is 4.84. The summed E-state index contributed by atoms with van der Waals surface area (Å²) >= 11 is 5.88. The van der Waals surface area contributed by atoms with E-state index in [1.165, 1.54) is 0 Å². The van der Waals surface area contributed by atoms with Crippen LogP contribution in [0.15, 0.2) is 0 Å². The third kappa shape index (κ3) is 13.5. The van der Waals surface area contributed by atoms with Crippen molar-refractivity contribution in [1.29, 1.82) is 5.41 Å². The van der Waals surface area contributed by atoms with Gasteiger partial charge in [0.1, 0.15) is 12.6 Å². The number of carbonyl (C=O) groups is 5. The third-order valence-electron chi connectivity index (χ3n) is 7.04. The SMILES string of the molecule is CSCC[C@H](NN[C@H](C=O)CC(C)C)C(=O)C(=O)[C@H](CS)NC(C)N1CCC[C@H]1C(=O)N[C@H](C=O)CCCNC(=N)N. The number of guanidine groups is 1. The number of nitrogens with two attached hydrogens (primary N) is 1. The Bertz CT molecular complexity index is 897. The molecule has 1 unspecified atom stereocenters. The molecule has 1 aliphatic rings. The molecule has 8 N–H and O–H groups in total. The number of carbonyl (C=O) groups excluding carboxylic acids is 5. The van der Waals surface area contributed by atoms with Crippen molar-refractivity contribution >= 4 is 60.4 Å². The van der Waals surface area contributed by atoms with Crippen LogP contribution in [0.2, 0.25) is 0 Å². The average Bonchev–Trinajstić information content (AvgIpc) is 3.46. The number of thioether (sulfide) groups is 1. The lowest BCUT2D eigenvalue weighted by atomic mass is 10.0. The van der Waals surface area contributed by atoms with E-state index in [0.717, 1.165) is 12.7 Å². The summed E-state index contributed by atoms with van der Waals surface area (Å²) in [5.41, 5.74) is 11.1. The van der Waals surface area contributed by atoms with E-state index in [1.807, 2.05) is 31.9 Å². The van der Waals surface area contributed by atoms with Gasteiger partial charge in [-0.05, 0) is 63.4 Å². The molecule has 0 aromatic heterocycles. The number of nitrogens with one attached hydrogen (secondary N) is 6. The normalized spacial score (nSPS) is 19.0. The molecule has 0 saturated carbocycles. The number of Topliss-reactive ketones (excluding diaryl/α,β-unsaturated/α-hetero) is 2. The Morgan fingerprint density at radius 1 is 1.07 bits per heavy atom. The molecule has 240 valence electrons. The smallest absolute Gasteiger partial charge is 0.237 e. The first-order valence-corrected chi connectivity index (χ1v) is 16.5. The third-order valence-corrected chi connectivity index (χ3v) is 8.05. The van der Waals surface area contributed by atoms with Crippen LogP contribution < -0.4 is 32.5 Å². The summed E-state index contributed by atoms with van der Waals surface area (Å²) in [5, 5.41) is 15.8. The summed E-state index contributed by atoms with van der Waals surface area (Å²) in [6, 6.07) is -3.35. The highest BCUT2D eigenvalue weighted by atomic mass is 32.2. The average molecular weight is 631 g/mol. The summed E-state index contributed by atoms with van der Waals surface area (Å²) in [5.74, 6) is -0.663. The quantitative estimate of drug-likeness (QED) is 0.0138. The van der Waals surface area contributed by atoms with Gasteiger partial charge in [-0.2, -0.15) is 24.4 Å². The zero-order valence-electron chi connectivity index (χ0n) is 25.2. The second-order valence-electron chi connectivity index (χ2n) is 10.9. The maximum Gasteiger partial charge on any atom is 0.237 e. The number of hydrogen-bond acceptors (Lipinski definition) is 12. The molecule has 1 fully saturated rings. The maximum atomic E-state index is 13.3. The van der Waals surface area contributed by atoms with Gasteiger partial charge in [0.2, 0.25) is 17.5 Å². The number of ketones is 2. The van der Waals surface area contributed by atoms with Crippen LogP contribution in [0.25, 0.3) is 0 Å². The van der Waals surface area contributed by atoms with E-state index in [0.29, 0.717) is 57.2 Å². The molecule has 42 heavy (non-hydrogen) atoms. The van der Waals surface area contributed by atoms with Gasteiger partial charge in [0.05, 0.1) is 36.4 Å². The molecule has 0 aliphatic carbocycles. The first kappa shape index (κ1) is 38.0. The minimum Gasteiger partial charge on any atom is -0.370 e. The van der Waals surface area contributed by atoms with Crippen LogP contribution in [-0.2, 0) is 24.0 Å². The fraction of sp³-hybridized carbons (Fsp3) is 0.778. The van der Waals surface area contributed by atoms with E-state index in [2.05, 4.69) is 39.4 Å². The number of hydrogen-bond donors (Lipinski definition) is 8. The van der Waals surface area contributed by atoms with E-state index in [4.69, 9.17) is 11.1 Å². The van der Waals surface area contributed by atoms with E-state index in [-0.39, 0.29) is 23.5 Å². The molecule has 1 heterocycles. The van der Waals surface area contributed by atoms with E-state index in [9.17, 15) is 24.0 Å². The van der Waals surface area contributed by atoms with Gasteiger partial charge < -0.3 is 26.0 Å². The first-order chi connectivity index (χ1) is 20.0. The van der Waals surface area contributed by atoms with Gasteiger partial charge in [-0.3, -0.25) is 30.0 Å². The van der Waals surface area contributed by atoms with E-state index in [1.54, 1.807) is 11.8 Å². The Labute approximate surface area is 259 Å². The molecule has 0 bridgehead atoms. The number of amides is 1. The van der Waals surface area contributed by atoms with Crippen molar-refractivity contribution in [3.8, 4) is 0 Å². The fourth-order valence-corrected chi connectivity index (χ4v) is 5.59. The Morgan fingerprint density at radius 2 is 1.74 bits per heavy atom. The molecule has 0 aromatic carbocycles. The highest BCUT2D eigenvalue weighted by Crippen LogP contribution is 2.20. The topological polar surface area (TPSA) is 199 Å². The molecular formula is C27H50N8O5S2. The predicted molar refractivity (Wildman–Crippen MR) is 169 cm³/mol. The van der Waals surface area contributed by atoms with Crippen molar-refractivity contribution in [2.45, 2.75) is 95.7 Å². The maximum absolute atomic E-state index is 13.3. The molecule has 1 amide bonds. The summed E-state index contributed by atoms with van der Waals surface area (Å²) in [6.45, 7) is 6.84. The van der Waals surface area contributed by atoms with Crippen molar-refractivity contribution in [1.82, 2.24) is 31.7 Å². The number of likely N-dealkylation sites (tertiary alicyclic amines) is 1. The van der Waals surface area contributed by atoms with Crippen LogP contribution in [0.5, 0.6) is 0 Å². The molecule has 15 heteroatoms. The van der Waals surface area contributed by atoms with Crippen molar-refractivity contribution in [3.63, 3.8) is 0 Å². The minimum absolute atomic E-state index is 0.0775. The number of hydrazine groups is 1. The van der Waals surface area contributed by atoms with Gasteiger partial charge in [0.15, 0.2) is 5.96 Å². The van der Waals surface area contributed by atoms with Crippen LogP contribution in [0.3, 0.4) is 0 Å². The minimum atomic E-state index is -0.882. The molecule has 1 rings (SSSR count). The molecule has 1 saturated heterocycles. The second-order valence-corrected chi connectivity index (χ2v) is 12.3. The lowest BCUT2D eigenvalue weighted by molar-refractivity contribution is -0.139. The molecule has 13 nitrogen and oxygen atoms in total. The van der Waals surface area contributed by atoms with Crippen LogP contribution in [0.1, 0.15) is 59.3 Å². The van der Waals surface area contributed by atoms with Gasteiger partial charge in [-0.15, -0.1) is 0 Å². The van der Waals surface area contributed by atoms with Crippen LogP contribution in [0, 0.1) is 11.3 Å². The lowest BCUT2D eigenvalue weighted by Gasteiger charge is -2.33. The number of rotatable bonds is 23. The first-order valence-electron chi connectivity index (χ1n) is 14.5. The number of thiol groups is 1. The van der Waals surface area contributed by atoms with Crippen molar-refractivity contribution in [2.75, 3.05) is 30.9 Å². The van der Waals surface area contributed by atoms with Gasteiger partial charge >= 0.3 is 0 Å². The van der Waals surface area contributed by atoms with Gasteiger partial charge in [0.25, 0.3) is 0 Å². The largest absolute Gasteiger partial charge is 0.370 e. The molecule has 1 aliphatic heterocycles. The second kappa shape index (κ2) is 20.8. The molecule has 0 spiro atoms. The van der Waals surface area contributed by atoms with Crippen molar-refractivity contribution in [3.05, 3.63) is 0 Å². The Morgan fingerprint density at radius 3 is 2.31 bits per heavy atom. The highest BCUT2D eigenvalue weighted by molar-refractivity contribution is 7.98.